The summed E-state index contributed by atoms with van der Waals surface area (Å²) in [6, 6.07) is 0. The maximum absolute atomic E-state index is 10.4. The maximum atomic E-state index is 10.4. The summed E-state index contributed by atoms with van der Waals surface area (Å²) >= 11 is 0. The number of unbranched alkanes of at least 4 members (excludes halogenated alkanes) is 36. The van der Waals surface area contributed by atoms with Gasteiger partial charge in [0.05, 0.1) is 0 Å². The summed E-state index contributed by atoms with van der Waals surface area (Å²) in [5.74, 6) is -1.49. The molecule has 0 aliphatic rings. The second kappa shape index (κ2) is 49.4. The van der Waals surface area contributed by atoms with Crippen molar-refractivity contribution < 1.29 is 19.8 Å². The van der Waals surface area contributed by atoms with Crippen LogP contribution in [0.25, 0.3) is 0 Å². The van der Waals surface area contributed by atoms with Gasteiger partial charge in [-0.15, -0.1) is 0 Å². The fourth-order valence-electron chi connectivity index (χ4n) is 6.93. The van der Waals surface area contributed by atoms with E-state index in [1.807, 2.05) is 0 Å². The molecule has 0 atom stereocenters. The molecule has 0 aliphatic heterocycles. The van der Waals surface area contributed by atoms with Crippen LogP contribution in [0, 0.1) is 0 Å². The van der Waals surface area contributed by atoms with E-state index in [1.54, 1.807) is 6.08 Å². The largest absolute Gasteiger partial charge is 0.481 e. The van der Waals surface area contributed by atoms with E-state index in [-0.39, 0.29) is 0 Å². The Hall–Kier alpha value is -1.58. The van der Waals surface area contributed by atoms with E-state index in [0.717, 1.165) is 25.7 Å². The fraction of sp³-hybridized carbons (Fsp3) is 0.875. The van der Waals surface area contributed by atoms with Crippen molar-refractivity contribution in [3.05, 3.63) is 24.3 Å². The van der Waals surface area contributed by atoms with Crippen molar-refractivity contribution in [2.45, 2.75) is 271 Å². The topological polar surface area (TPSA) is 74.6 Å². The fourth-order valence-corrected chi connectivity index (χ4v) is 6.93. The van der Waals surface area contributed by atoms with Gasteiger partial charge in [-0.25, -0.2) is 4.79 Å². The molecule has 0 bridgehead atoms. The van der Waals surface area contributed by atoms with Gasteiger partial charge < -0.3 is 10.2 Å². The number of carboxylic acids is 2. The van der Waals surface area contributed by atoms with E-state index in [9.17, 15) is 9.59 Å². The summed E-state index contributed by atoms with van der Waals surface area (Å²) in [6.07, 6.45) is 60.5. The van der Waals surface area contributed by atoms with Crippen LogP contribution >= 0.6 is 0 Å². The molecular formula is C48H92O4. The van der Waals surface area contributed by atoms with Crippen molar-refractivity contribution in [1.29, 1.82) is 0 Å². The van der Waals surface area contributed by atoms with Crippen LogP contribution in [0.3, 0.4) is 0 Å². The lowest BCUT2D eigenvalue weighted by Crippen LogP contribution is -1.93. The second-order valence-corrected chi connectivity index (χ2v) is 15.7. The third-order valence-corrected chi connectivity index (χ3v) is 10.4. The molecule has 0 aromatic carbocycles. The van der Waals surface area contributed by atoms with Crippen molar-refractivity contribution in [2.75, 3.05) is 0 Å². The zero-order valence-corrected chi connectivity index (χ0v) is 35.3. The Labute approximate surface area is 325 Å². The lowest BCUT2D eigenvalue weighted by Gasteiger charge is -2.03. The summed E-state index contributed by atoms with van der Waals surface area (Å²) in [5, 5.41) is 17.1. The summed E-state index contributed by atoms with van der Waals surface area (Å²) in [6.45, 7) is 4.56. The van der Waals surface area contributed by atoms with Gasteiger partial charge in [0, 0.05) is 12.5 Å². The first-order valence-electron chi connectivity index (χ1n) is 23.3. The van der Waals surface area contributed by atoms with E-state index in [0.29, 0.717) is 6.42 Å². The zero-order valence-electron chi connectivity index (χ0n) is 35.3. The highest BCUT2D eigenvalue weighted by molar-refractivity contribution is 5.79. The Bertz CT molecular complexity index is 743. The standard InChI is InChI=1S/2C24H46O2/c2*1-2-3-4-5-6-7-8-9-10-11-12-13-14-15-16-17-18-19-20-21-22-23-24(25)26/h22-23H,2-21H2,1H3,(H,25,26);9-10H,2-8,11-23H2,1H3,(H,25,26). The smallest absolute Gasteiger partial charge is 0.327 e. The molecule has 0 fully saturated rings. The van der Waals surface area contributed by atoms with Crippen molar-refractivity contribution in [3.63, 3.8) is 0 Å². The molecule has 52 heavy (non-hydrogen) atoms. The van der Waals surface area contributed by atoms with Gasteiger partial charge in [0.25, 0.3) is 0 Å². The summed E-state index contributed by atoms with van der Waals surface area (Å²) in [7, 11) is 0. The van der Waals surface area contributed by atoms with E-state index < -0.39 is 11.9 Å². The molecule has 0 amide bonds. The lowest BCUT2D eigenvalue weighted by atomic mass is 10.0. The Kier molecular flexibility index (Phi) is 49.9. The molecule has 0 heterocycles. The number of hydrogen-bond donors (Lipinski definition) is 2. The van der Waals surface area contributed by atoms with Crippen LogP contribution < -0.4 is 0 Å². The highest BCUT2D eigenvalue weighted by Crippen LogP contribution is 2.16. The van der Waals surface area contributed by atoms with Gasteiger partial charge >= 0.3 is 11.9 Å². The predicted molar refractivity (Wildman–Crippen MR) is 230 cm³/mol. The molecule has 0 saturated heterocycles. The molecule has 0 rings (SSSR count). The molecule has 0 spiro atoms. The SMILES string of the molecule is CCCCCCCCC=CCCCCCCCCCCCCCC(=O)O.CCCCCCCCCCCCCCCCCCCCCC=CC(=O)O. The lowest BCUT2D eigenvalue weighted by molar-refractivity contribution is -0.137. The Morgan fingerprint density at radius 2 is 0.558 bits per heavy atom. The minimum atomic E-state index is -0.831. The number of aliphatic carboxylic acids is 2. The van der Waals surface area contributed by atoms with E-state index >= 15 is 0 Å². The summed E-state index contributed by atoms with van der Waals surface area (Å²) in [4.78, 5) is 20.7. The average molecular weight is 733 g/mol. The van der Waals surface area contributed by atoms with E-state index in [4.69, 9.17) is 10.2 Å². The predicted octanol–water partition coefficient (Wildman–Crippen LogP) is 16.9. The first-order valence-corrected chi connectivity index (χ1v) is 23.3. The van der Waals surface area contributed by atoms with Crippen LogP contribution in [-0.2, 0) is 9.59 Å². The van der Waals surface area contributed by atoms with Crippen molar-refractivity contribution in [3.8, 4) is 0 Å². The van der Waals surface area contributed by atoms with Gasteiger partial charge in [-0.2, -0.15) is 0 Å². The third kappa shape index (κ3) is 55.2. The molecule has 0 saturated carbocycles. The molecule has 308 valence electrons. The minimum Gasteiger partial charge on any atom is -0.481 e. The highest BCUT2D eigenvalue weighted by Gasteiger charge is 1.98. The van der Waals surface area contributed by atoms with Crippen LogP contribution in [0.1, 0.15) is 271 Å². The summed E-state index contributed by atoms with van der Waals surface area (Å²) < 4.78 is 0. The van der Waals surface area contributed by atoms with Crippen LogP contribution in [0.5, 0.6) is 0 Å². The molecule has 0 aliphatic carbocycles. The van der Waals surface area contributed by atoms with Crippen molar-refractivity contribution in [2.24, 2.45) is 0 Å². The van der Waals surface area contributed by atoms with Crippen molar-refractivity contribution >= 4 is 11.9 Å². The second-order valence-electron chi connectivity index (χ2n) is 15.7. The van der Waals surface area contributed by atoms with E-state index in [1.165, 1.54) is 231 Å². The number of hydrogen-bond acceptors (Lipinski definition) is 2. The van der Waals surface area contributed by atoms with Gasteiger partial charge in [0.15, 0.2) is 0 Å². The van der Waals surface area contributed by atoms with Gasteiger partial charge in [-0.3, -0.25) is 4.79 Å². The monoisotopic (exact) mass is 733 g/mol. The van der Waals surface area contributed by atoms with Crippen molar-refractivity contribution in [1.82, 2.24) is 0 Å². The minimum absolute atomic E-state index is 0.342. The molecule has 4 heteroatoms. The highest BCUT2D eigenvalue weighted by atomic mass is 16.4. The molecule has 0 radical (unpaired) electrons. The Balaban J connectivity index is 0. The molecule has 2 N–H and O–H groups in total. The average Bonchev–Trinajstić information content (AvgIpc) is 3.13. The van der Waals surface area contributed by atoms with Crippen LogP contribution in [0.2, 0.25) is 0 Å². The zero-order chi connectivity index (χ0) is 38.3. The first-order chi connectivity index (χ1) is 25.5. The first kappa shape index (κ1) is 52.5. The Morgan fingerprint density at radius 3 is 0.808 bits per heavy atom. The molecule has 0 aromatic rings. The third-order valence-electron chi connectivity index (χ3n) is 10.4. The van der Waals surface area contributed by atoms with Gasteiger partial charge in [-0.05, 0) is 44.9 Å². The van der Waals surface area contributed by atoms with Gasteiger partial charge in [0.2, 0.25) is 0 Å². The number of carboxylic acid groups (broad SMARTS) is 2. The van der Waals surface area contributed by atoms with Gasteiger partial charge in [0.1, 0.15) is 0 Å². The van der Waals surface area contributed by atoms with Gasteiger partial charge in [-0.1, -0.05) is 238 Å². The Morgan fingerprint density at radius 1 is 0.327 bits per heavy atom. The molecular weight excluding hydrogens is 641 g/mol. The summed E-state index contributed by atoms with van der Waals surface area (Å²) in [5.41, 5.74) is 0. The van der Waals surface area contributed by atoms with Crippen LogP contribution in [0.4, 0.5) is 0 Å². The van der Waals surface area contributed by atoms with Crippen LogP contribution in [0.15, 0.2) is 24.3 Å². The number of carbonyl (C=O) groups is 2. The number of allylic oxidation sites excluding steroid dienone is 3. The molecule has 4 nitrogen and oxygen atoms in total. The molecule has 0 unspecified atom stereocenters. The maximum Gasteiger partial charge on any atom is 0.327 e. The normalized spacial score (nSPS) is 11.4. The van der Waals surface area contributed by atoms with Crippen LogP contribution in [-0.4, -0.2) is 22.2 Å². The molecule has 0 aromatic heterocycles. The number of rotatable bonds is 42. The van der Waals surface area contributed by atoms with E-state index in [2.05, 4.69) is 26.0 Å². The quantitative estimate of drug-likeness (QED) is 0.0372.